The van der Waals surface area contributed by atoms with E-state index in [9.17, 15) is 9.59 Å². The molecule has 1 rings (SSSR count). The molecule has 0 radical (unpaired) electrons. The number of amides is 3. The minimum absolute atomic E-state index is 0.422. The lowest BCUT2D eigenvalue weighted by Crippen LogP contribution is -2.42. The van der Waals surface area contributed by atoms with Gasteiger partial charge in [0.2, 0.25) is 0 Å². The van der Waals surface area contributed by atoms with Crippen molar-refractivity contribution in [1.82, 2.24) is 25.6 Å². The van der Waals surface area contributed by atoms with Crippen molar-refractivity contribution in [2.24, 2.45) is 5.73 Å². The van der Waals surface area contributed by atoms with Crippen LogP contribution in [0.3, 0.4) is 0 Å². The van der Waals surface area contributed by atoms with Crippen LogP contribution >= 0.6 is 0 Å². The zero-order chi connectivity index (χ0) is 15.0. The van der Waals surface area contributed by atoms with E-state index in [1.54, 1.807) is 20.0 Å². The summed E-state index contributed by atoms with van der Waals surface area (Å²) in [6.45, 7) is 4.55. The highest BCUT2D eigenvalue weighted by Gasteiger charge is 2.18. The molecular formula is C12H22N6O2. The molecule has 3 amide bonds. The first-order valence-electron chi connectivity index (χ1n) is 6.78. The molecule has 8 heteroatoms. The van der Waals surface area contributed by atoms with Crippen LogP contribution < -0.4 is 16.4 Å². The number of imide groups is 1. The van der Waals surface area contributed by atoms with E-state index in [1.807, 2.05) is 0 Å². The lowest BCUT2D eigenvalue weighted by molar-refractivity contribution is -0.123. The fourth-order valence-corrected chi connectivity index (χ4v) is 1.61. The van der Waals surface area contributed by atoms with Crippen molar-refractivity contribution in [3.63, 3.8) is 0 Å². The fourth-order valence-electron chi connectivity index (χ4n) is 1.61. The summed E-state index contributed by atoms with van der Waals surface area (Å²) in [5.74, 6) is -0.422. The third kappa shape index (κ3) is 4.96. The summed E-state index contributed by atoms with van der Waals surface area (Å²) in [7, 11) is 0. The Morgan fingerprint density at radius 1 is 1.45 bits per heavy atom. The second kappa shape index (κ2) is 8.26. The van der Waals surface area contributed by atoms with Crippen LogP contribution in [0.15, 0.2) is 6.20 Å². The van der Waals surface area contributed by atoms with E-state index in [2.05, 4.69) is 20.9 Å². The second-order valence-electron chi connectivity index (χ2n) is 4.46. The molecule has 0 fully saturated rings. The van der Waals surface area contributed by atoms with Gasteiger partial charge in [0.25, 0.3) is 5.91 Å². The summed E-state index contributed by atoms with van der Waals surface area (Å²) in [6.07, 6.45) is 4.37. The summed E-state index contributed by atoms with van der Waals surface area (Å²) in [6, 6.07) is -1.10. The molecular weight excluding hydrogens is 260 g/mol. The second-order valence-corrected chi connectivity index (χ2v) is 4.46. The molecule has 8 nitrogen and oxygen atoms in total. The van der Waals surface area contributed by atoms with Gasteiger partial charge in [0.15, 0.2) is 0 Å². The first kappa shape index (κ1) is 16.1. The number of rotatable bonds is 7. The van der Waals surface area contributed by atoms with Crippen molar-refractivity contribution in [2.45, 2.75) is 39.2 Å². The van der Waals surface area contributed by atoms with E-state index in [0.29, 0.717) is 13.1 Å². The first-order valence-corrected chi connectivity index (χ1v) is 6.78. The Hall–Kier alpha value is -1.96. The van der Waals surface area contributed by atoms with Crippen LogP contribution in [0.2, 0.25) is 0 Å². The normalized spacial score (nSPS) is 11.9. The summed E-state index contributed by atoms with van der Waals surface area (Å²) < 4.78 is 1.45. The van der Waals surface area contributed by atoms with Gasteiger partial charge in [-0.2, -0.15) is 0 Å². The standard InChI is InChI=1S/C12H22N6O2/c1-3-14-12(20)15-11(19)9(2)18-8-10(16-17-18)6-4-5-7-13/h8-9H,3-7,13H2,1-2H3,(H2,14,15,19,20). The van der Waals surface area contributed by atoms with E-state index in [0.717, 1.165) is 25.0 Å². The number of aromatic nitrogens is 3. The Kier molecular flexibility index (Phi) is 6.65. The number of aryl methyl sites for hydroxylation is 1. The molecule has 1 unspecified atom stereocenters. The number of carbonyl (C=O) groups is 2. The number of nitrogens with zero attached hydrogens (tertiary/aromatic N) is 3. The van der Waals surface area contributed by atoms with E-state index >= 15 is 0 Å². The number of hydrogen-bond donors (Lipinski definition) is 3. The van der Waals surface area contributed by atoms with Crippen molar-refractivity contribution in [2.75, 3.05) is 13.1 Å². The fraction of sp³-hybridized carbons (Fsp3) is 0.667. The van der Waals surface area contributed by atoms with Crippen LogP contribution in [0.1, 0.15) is 38.4 Å². The highest BCUT2D eigenvalue weighted by atomic mass is 16.2. The molecule has 0 saturated heterocycles. The number of nitrogens with two attached hydrogens (primary N) is 1. The van der Waals surface area contributed by atoms with Gasteiger partial charge in [0, 0.05) is 12.7 Å². The number of nitrogens with one attached hydrogen (secondary N) is 2. The molecule has 4 N–H and O–H groups in total. The van der Waals surface area contributed by atoms with Crippen LogP contribution in [-0.2, 0) is 11.2 Å². The molecule has 1 atom stereocenters. The molecule has 0 aliphatic rings. The minimum atomic E-state index is -0.589. The molecule has 112 valence electrons. The largest absolute Gasteiger partial charge is 0.338 e. The van der Waals surface area contributed by atoms with Gasteiger partial charge in [-0.15, -0.1) is 5.10 Å². The number of unbranched alkanes of at least 4 members (excludes halogenated alkanes) is 1. The predicted molar refractivity (Wildman–Crippen MR) is 73.9 cm³/mol. The molecule has 0 spiro atoms. The number of urea groups is 1. The monoisotopic (exact) mass is 282 g/mol. The maximum atomic E-state index is 11.8. The van der Waals surface area contributed by atoms with Crippen LogP contribution in [0.25, 0.3) is 0 Å². The summed E-state index contributed by atoms with van der Waals surface area (Å²) in [4.78, 5) is 23.1. The third-order valence-electron chi connectivity index (χ3n) is 2.80. The van der Waals surface area contributed by atoms with Crippen LogP contribution in [0.5, 0.6) is 0 Å². The Balaban J connectivity index is 2.52. The Morgan fingerprint density at radius 3 is 2.85 bits per heavy atom. The Bertz CT molecular complexity index is 445. The number of carbonyl (C=O) groups excluding carboxylic acids is 2. The molecule has 0 saturated carbocycles. The molecule has 20 heavy (non-hydrogen) atoms. The molecule has 0 aliphatic heterocycles. The van der Waals surface area contributed by atoms with E-state index < -0.39 is 18.0 Å². The SMILES string of the molecule is CCNC(=O)NC(=O)C(C)n1cc(CCCCN)nn1. The van der Waals surface area contributed by atoms with Gasteiger partial charge in [0.1, 0.15) is 6.04 Å². The smallest absolute Gasteiger partial charge is 0.321 e. The van der Waals surface area contributed by atoms with E-state index in [-0.39, 0.29) is 0 Å². The zero-order valence-corrected chi connectivity index (χ0v) is 11.9. The average Bonchev–Trinajstić information content (AvgIpc) is 2.87. The lowest BCUT2D eigenvalue weighted by Gasteiger charge is -2.11. The van der Waals surface area contributed by atoms with Crippen molar-refractivity contribution in [3.05, 3.63) is 11.9 Å². The van der Waals surface area contributed by atoms with Gasteiger partial charge in [-0.05, 0) is 39.7 Å². The molecule has 0 aliphatic carbocycles. The summed E-state index contributed by atoms with van der Waals surface area (Å²) in [5, 5.41) is 12.7. The quantitative estimate of drug-likeness (QED) is 0.607. The van der Waals surface area contributed by atoms with Gasteiger partial charge in [0.05, 0.1) is 5.69 Å². The number of hydrogen-bond acceptors (Lipinski definition) is 5. The van der Waals surface area contributed by atoms with E-state index in [1.165, 1.54) is 4.68 Å². The lowest BCUT2D eigenvalue weighted by atomic mass is 10.2. The third-order valence-corrected chi connectivity index (χ3v) is 2.80. The Labute approximate surface area is 118 Å². The molecule has 1 aromatic heterocycles. The molecule has 0 aromatic carbocycles. The zero-order valence-electron chi connectivity index (χ0n) is 11.9. The Morgan fingerprint density at radius 2 is 2.20 bits per heavy atom. The van der Waals surface area contributed by atoms with Crippen molar-refractivity contribution >= 4 is 11.9 Å². The van der Waals surface area contributed by atoms with Crippen molar-refractivity contribution in [3.8, 4) is 0 Å². The van der Waals surface area contributed by atoms with Crippen molar-refractivity contribution < 1.29 is 9.59 Å². The van der Waals surface area contributed by atoms with Gasteiger partial charge in [-0.1, -0.05) is 5.21 Å². The van der Waals surface area contributed by atoms with Crippen molar-refractivity contribution in [1.29, 1.82) is 0 Å². The topological polar surface area (TPSA) is 115 Å². The highest BCUT2D eigenvalue weighted by Crippen LogP contribution is 2.06. The van der Waals surface area contributed by atoms with Gasteiger partial charge >= 0.3 is 6.03 Å². The highest BCUT2D eigenvalue weighted by molar-refractivity contribution is 5.95. The van der Waals surface area contributed by atoms with Crippen LogP contribution in [-0.4, -0.2) is 40.0 Å². The van der Waals surface area contributed by atoms with Gasteiger partial charge in [-0.3, -0.25) is 10.1 Å². The molecule has 1 aromatic rings. The van der Waals surface area contributed by atoms with E-state index in [4.69, 9.17) is 5.73 Å². The molecule has 0 bridgehead atoms. The minimum Gasteiger partial charge on any atom is -0.338 e. The summed E-state index contributed by atoms with van der Waals surface area (Å²) >= 11 is 0. The van der Waals surface area contributed by atoms with Crippen LogP contribution in [0.4, 0.5) is 4.79 Å². The maximum Gasteiger partial charge on any atom is 0.321 e. The summed E-state index contributed by atoms with van der Waals surface area (Å²) in [5.41, 5.74) is 6.24. The predicted octanol–water partition coefficient (Wildman–Crippen LogP) is -0.0338. The maximum absolute atomic E-state index is 11.8. The first-order chi connectivity index (χ1) is 9.58. The van der Waals surface area contributed by atoms with Gasteiger partial charge < -0.3 is 11.1 Å². The van der Waals surface area contributed by atoms with Crippen LogP contribution in [0, 0.1) is 0 Å². The molecule has 1 heterocycles. The van der Waals surface area contributed by atoms with Gasteiger partial charge in [-0.25, -0.2) is 9.48 Å². The average molecular weight is 282 g/mol.